The quantitative estimate of drug-likeness (QED) is 0.711. The van der Waals surface area contributed by atoms with Crippen LogP contribution in [-0.4, -0.2) is 35.4 Å². The largest absolute Gasteiger partial charge is 0.437 e. The molecule has 25 heavy (non-hydrogen) atoms. The second kappa shape index (κ2) is 6.47. The summed E-state index contributed by atoms with van der Waals surface area (Å²) >= 11 is 0. The number of carbonyl (C=O) groups is 2. The molecule has 1 aliphatic rings. The van der Waals surface area contributed by atoms with E-state index in [1.807, 2.05) is 5.32 Å². The maximum Gasteiger partial charge on any atom is 0.437 e. The Morgan fingerprint density at radius 2 is 1.92 bits per heavy atom. The lowest BCUT2D eigenvalue weighted by Crippen LogP contribution is -2.72. The van der Waals surface area contributed by atoms with Gasteiger partial charge in [0, 0.05) is 5.56 Å². The van der Waals surface area contributed by atoms with Crippen molar-refractivity contribution in [2.75, 3.05) is 0 Å². The van der Waals surface area contributed by atoms with Gasteiger partial charge in [-0.1, -0.05) is 18.2 Å². The topological polar surface area (TPSA) is 87.7 Å². The van der Waals surface area contributed by atoms with E-state index in [4.69, 9.17) is 0 Å². The molecule has 1 aromatic carbocycles. The molecule has 6 nitrogen and oxygen atoms in total. The van der Waals surface area contributed by atoms with Crippen LogP contribution in [0, 0.1) is 5.92 Å². The molecular weight excluding hydrogens is 355 g/mol. The summed E-state index contributed by atoms with van der Waals surface area (Å²) in [6.45, 7) is -2.50. The minimum absolute atomic E-state index is 0.305. The van der Waals surface area contributed by atoms with Gasteiger partial charge in [0.15, 0.2) is 0 Å². The Kier molecular flexibility index (Phi) is 4.89. The molecule has 0 radical (unpaired) electrons. The fourth-order valence-corrected chi connectivity index (χ4v) is 2.73. The fraction of sp³-hybridized carbons (Fsp3) is 0.429. The number of benzene rings is 1. The van der Waals surface area contributed by atoms with Crippen LogP contribution in [0.4, 0.5) is 26.7 Å². The fourth-order valence-electron chi connectivity index (χ4n) is 2.73. The number of carbonyl (C=O) groups excluding carboxylic acids is 2. The third-order valence-electron chi connectivity index (χ3n) is 3.71. The minimum Gasteiger partial charge on any atom is -0.434 e. The minimum atomic E-state index is -5.39. The van der Waals surface area contributed by atoms with Crippen molar-refractivity contribution in [2.24, 2.45) is 5.92 Å². The summed E-state index contributed by atoms with van der Waals surface area (Å²) in [6.07, 6.45) is -5.39. The van der Waals surface area contributed by atoms with Gasteiger partial charge in [-0.3, -0.25) is 4.79 Å². The highest BCUT2D eigenvalue weighted by atomic mass is 19.4. The van der Waals surface area contributed by atoms with Gasteiger partial charge in [-0.15, -0.1) is 0 Å². The Bertz CT molecular complexity index is 681. The molecule has 1 aromatic rings. The molecule has 0 bridgehead atoms. The van der Waals surface area contributed by atoms with E-state index in [0.717, 1.165) is 19.1 Å². The number of aliphatic hydroxyl groups is 1. The summed E-state index contributed by atoms with van der Waals surface area (Å²) in [7, 11) is 0. The Morgan fingerprint density at radius 3 is 2.44 bits per heavy atom. The highest BCUT2D eigenvalue weighted by Crippen LogP contribution is 2.44. The summed E-state index contributed by atoms with van der Waals surface area (Å²) in [6, 6.07) is 1.57. The molecule has 0 aromatic heterocycles. The van der Waals surface area contributed by atoms with Crippen LogP contribution in [0.5, 0.6) is 5.75 Å². The van der Waals surface area contributed by atoms with Gasteiger partial charge in [-0.2, -0.15) is 22.0 Å². The number of Topliss-reactive ketones (excluding diaryl/α,β-unsaturated/α-hetero) is 1. The standard InChI is InChI=1S/C14H13F5N2O4/c1-6(22)9-10(7-4-2-3-5-8(7)25-11(15)16)20-12(23)21-13(9,24)14(17,18)19/h2-5,9-11,24H,1H3,(H2,20,21,23)/t9-,10+,13+/m0/s1. The molecule has 0 aliphatic carbocycles. The molecule has 1 heterocycles. The van der Waals surface area contributed by atoms with Gasteiger partial charge in [0.1, 0.15) is 11.5 Å². The molecule has 2 amide bonds. The smallest absolute Gasteiger partial charge is 0.434 e. The molecule has 2 rings (SSSR count). The van der Waals surface area contributed by atoms with Crippen LogP contribution in [0.1, 0.15) is 18.5 Å². The molecule has 3 N–H and O–H groups in total. The molecule has 0 spiro atoms. The van der Waals surface area contributed by atoms with Crippen molar-refractivity contribution in [3.8, 4) is 5.75 Å². The van der Waals surface area contributed by atoms with Crippen molar-refractivity contribution in [2.45, 2.75) is 31.5 Å². The number of ether oxygens (including phenoxy) is 1. The van der Waals surface area contributed by atoms with E-state index in [0.29, 0.717) is 0 Å². The van der Waals surface area contributed by atoms with Crippen LogP contribution >= 0.6 is 0 Å². The number of rotatable bonds is 4. The number of para-hydroxylation sites is 1. The zero-order valence-electron chi connectivity index (χ0n) is 12.6. The number of halogens is 5. The van der Waals surface area contributed by atoms with Gasteiger partial charge < -0.3 is 20.5 Å². The average Bonchev–Trinajstić information content (AvgIpc) is 2.44. The number of hydrogen-bond donors (Lipinski definition) is 3. The molecule has 0 saturated carbocycles. The van der Waals surface area contributed by atoms with Crippen molar-refractivity contribution in [1.82, 2.24) is 10.6 Å². The van der Waals surface area contributed by atoms with Crippen LogP contribution in [0.2, 0.25) is 0 Å². The second-order valence-electron chi connectivity index (χ2n) is 5.34. The van der Waals surface area contributed by atoms with Gasteiger partial charge >= 0.3 is 18.8 Å². The second-order valence-corrected chi connectivity index (χ2v) is 5.34. The Morgan fingerprint density at radius 1 is 1.32 bits per heavy atom. The third-order valence-corrected chi connectivity index (χ3v) is 3.71. The molecule has 3 atom stereocenters. The van der Waals surface area contributed by atoms with Crippen LogP contribution in [-0.2, 0) is 4.79 Å². The van der Waals surface area contributed by atoms with E-state index >= 15 is 0 Å². The van der Waals surface area contributed by atoms with Gasteiger partial charge in [0.2, 0.25) is 5.72 Å². The monoisotopic (exact) mass is 368 g/mol. The van der Waals surface area contributed by atoms with Crippen molar-refractivity contribution >= 4 is 11.8 Å². The van der Waals surface area contributed by atoms with Gasteiger partial charge in [-0.25, -0.2) is 4.79 Å². The van der Waals surface area contributed by atoms with E-state index in [-0.39, 0.29) is 5.56 Å². The summed E-state index contributed by atoms with van der Waals surface area (Å²) < 4.78 is 69.2. The molecule has 0 unspecified atom stereocenters. The number of ketones is 1. The van der Waals surface area contributed by atoms with E-state index in [9.17, 15) is 36.6 Å². The zero-order valence-corrected chi connectivity index (χ0v) is 12.6. The van der Waals surface area contributed by atoms with Crippen molar-refractivity contribution in [3.63, 3.8) is 0 Å². The highest BCUT2D eigenvalue weighted by Gasteiger charge is 2.65. The van der Waals surface area contributed by atoms with Crippen molar-refractivity contribution in [1.29, 1.82) is 0 Å². The van der Waals surface area contributed by atoms with E-state index < -0.39 is 48.0 Å². The van der Waals surface area contributed by atoms with Crippen LogP contribution in [0.25, 0.3) is 0 Å². The maximum absolute atomic E-state index is 13.3. The summed E-state index contributed by atoms with van der Waals surface area (Å²) in [5, 5.41) is 13.4. The number of amides is 2. The highest BCUT2D eigenvalue weighted by molar-refractivity contribution is 5.86. The van der Waals surface area contributed by atoms with Gasteiger partial charge in [0.05, 0.1) is 12.0 Å². The Hall–Kier alpha value is -2.43. The normalized spacial score (nSPS) is 26.8. The Balaban J connectivity index is 2.59. The first-order valence-corrected chi connectivity index (χ1v) is 6.89. The number of urea groups is 1. The molecular formula is C14H13F5N2O4. The first kappa shape index (κ1) is 18.9. The first-order valence-electron chi connectivity index (χ1n) is 6.89. The van der Waals surface area contributed by atoms with Crippen LogP contribution in [0.3, 0.4) is 0 Å². The van der Waals surface area contributed by atoms with Crippen LogP contribution < -0.4 is 15.4 Å². The number of hydrogen-bond acceptors (Lipinski definition) is 4. The number of nitrogens with one attached hydrogen (secondary N) is 2. The predicted octanol–water partition coefficient (Wildman–Crippen LogP) is 2.10. The lowest BCUT2D eigenvalue weighted by atomic mass is 9.79. The van der Waals surface area contributed by atoms with E-state index in [1.54, 1.807) is 0 Å². The third kappa shape index (κ3) is 3.50. The Labute approximate surface area is 138 Å². The lowest BCUT2D eigenvalue weighted by Gasteiger charge is -2.44. The average molecular weight is 368 g/mol. The summed E-state index contributed by atoms with van der Waals surface area (Å²) in [5.74, 6) is -3.88. The molecule has 11 heteroatoms. The van der Waals surface area contributed by atoms with Gasteiger partial charge in [-0.05, 0) is 13.0 Å². The zero-order chi connectivity index (χ0) is 19.0. The first-order chi connectivity index (χ1) is 11.5. The summed E-state index contributed by atoms with van der Waals surface area (Å²) in [5.41, 5.74) is -4.18. The molecule has 138 valence electrons. The van der Waals surface area contributed by atoms with Crippen LogP contribution in [0.15, 0.2) is 24.3 Å². The predicted molar refractivity (Wildman–Crippen MR) is 72.7 cm³/mol. The van der Waals surface area contributed by atoms with Gasteiger partial charge in [0.25, 0.3) is 0 Å². The van der Waals surface area contributed by atoms with E-state index in [1.165, 1.54) is 17.4 Å². The molecule has 1 aliphatic heterocycles. The number of alkyl halides is 5. The molecule has 1 saturated heterocycles. The molecule has 1 fully saturated rings. The lowest BCUT2D eigenvalue weighted by molar-refractivity contribution is -0.290. The van der Waals surface area contributed by atoms with Crippen molar-refractivity contribution < 1.29 is 41.4 Å². The summed E-state index contributed by atoms with van der Waals surface area (Å²) in [4.78, 5) is 23.5. The maximum atomic E-state index is 13.3. The van der Waals surface area contributed by atoms with Crippen molar-refractivity contribution in [3.05, 3.63) is 29.8 Å². The van der Waals surface area contributed by atoms with E-state index in [2.05, 4.69) is 4.74 Å². The SMILES string of the molecule is CC(=O)[C@H]1[C@@H](c2ccccc2OC(F)F)NC(=O)N[C@]1(O)C(F)(F)F.